The van der Waals surface area contributed by atoms with Gasteiger partial charge in [-0.1, -0.05) is 12.1 Å². The highest BCUT2D eigenvalue weighted by Crippen LogP contribution is 2.18. The van der Waals surface area contributed by atoms with Crippen molar-refractivity contribution >= 4 is 0 Å². The molecular formula is C14H20FNO. The zero-order valence-corrected chi connectivity index (χ0v) is 10.1. The lowest BCUT2D eigenvalue weighted by molar-refractivity contribution is 0.290. The number of halogens is 1. The van der Waals surface area contributed by atoms with E-state index >= 15 is 0 Å². The van der Waals surface area contributed by atoms with Crippen molar-refractivity contribution in [1.82, 2.24) is 5.32 Å². The number of ether oxygens (including phenoxy) is 1. The second-order valence-electron chi connectivity index (χ2n) is 4.57. The maximum atomic E-state index is 13.2. The first-order valence-corrected chi connectivity index (χ1v) is 6.47. The second kappa shape index (κ2) is 6.60. The molecule has 0 heterocycles. The number of hydrogen-bond donors (Lipinski definition) is 1. The summed E-state index contributed by atoms with van der Waals surface area (Å²) in [5, 5.41) is 3.47. The molecule has 1 fully saturated rings. The van der Waals surface area contributed by atoms with Gasteiger partial charge in [0.05, 0.1) is 6.61 Å². The zero-order valence-electron chi connectivity index (χ0n) is 10.1. The smallest absolute Gasteiger partial charge is 0.165 e. The SMILES string of the molecule is Fc1ccccc1OCCCCCNC1CC1. The highest BCUT2D eigenvalue weighted by atomic mass is 19.1. The van der Waals surface area contributed by atoms with E-state index in [1.54, 1.807) is 18.2 Å². The summed E-state index contributed by atoms with van der Waals surface area (Å²) in [6, 6.07) is 7.35. The number of rotatable bonds is 8. The molecule has 2 rings (SSSR count). The summed E-state index contributed by atoms with van der Waals surface area (Å²) in [4.78, 5) is 0. The molecule has 1 aromatic rings. The van der Waals surface area contributed by atoms with Gasteiger partial charge in [-0.3, -0.25) is 0 Å². The lowest BCUT2D eigenvalue weighted by Gasteiger charge is -2.07. The van der Waals surface area contributed by atoms with Gasteiger partial charge in [0.25, 0.3) is 0 Å². The van der Waals surface area contributed by atoms with E-state index in [1.165, 1.54) is 25.3 Å². The first kappa shape index (κ1) is 12.4. The van der Waals surface area contributed by atoms with Crippen molar-refractivity contribution in [1.29, 1.82) is 0 Å². The molecule has 0 bridgehead atoms. The third-order valence-corrected chi connectivity index (χ3v) is 2.93. The van der Waals surface area contributed by atoms with Gasteiger partial charge in [-0.25, -0.2) is 4.39 Å². The second-order valence-corrected chi connectivity index (χ2v) is 4.57. The van der Waals surface area contributed by atoms with Crippen molar-refractivity contribution in [2.45, 2.75) is 38.1 Å². The third kappa shape index (κ3) is 4.73. The van der Waals surface area contributed by atoms with Gasteiger partial charge in [0.2, 0.25) is 0 Å². The highest BCUT2D eigenvalue weighted by Gasteiger charge is 2.19. The van der Waals surface area contributed by atoms with Gasteiger partial charge in [-0.2, -0.15) is 0 Å². The summed E-state index contributed by atoms with van der Waals surface area (Å²) in [5.41, 5.74) is 0. The quantitative estimate of drug-likeness (QED) is 0.701. The van der Waals surface area contributed by atoms with Crippen molar-refractivity contribution in [2.75, 3.05) is 13.2 Å². The number of hydrogen-bond acceptors (Lipinski definition) is 2. The fraction of sp³-hybridized carbons (Fsp3) is 0.571. The fourth-order valence-electron chi connectivity index (χ4n) is 1.74. The van der Waals surface area contributed by atoms with Crippen LogP contribution in [0.2, 0.25) is 0 Å². The van der Waals surface area contributed by atoms with Crippen LogP contribution in [0.15, 0.2) is 24.3 Å². The molecule has 2 nitrogen and oxygen atoms in total. The van der Waals surface area contributed by atoms with Gasteiger partial charge >= 0.3 is 0 Å². The summed E-state index contributed by atoms with van der Waals surface area (Å²) in [7, 11) is 0. The van der Waals surface area contributed by atoms with E-state index in [-0.39, 0.29) is 5.82 Å². The first-order valence-electron chi connectivity index (χ1n) is 6.47. The lowest BCUT2D eigenvalue weighted by atomic mass is 10.2. The topological polar surface area (TPSA) is 21.3 Å². The van der Waals surface area contributed by atoms with Crippen molar-refractivity contribution < 1.29 is 9.13 Å². The molecule has 1 aromatic carbocycles. The Balaban J connectivity index is 1.49. The van der Waals surface area contributed by atoms with Gasteiger partial charge in [0, 0.05) is 6.04 Å². The minimum Gasteiger partial charge on any atom is -0.491 e. The van der Waals surface area contributed by atoms with Gasteiger partial charge in [0.1, 0.15) is 0 Å². The van der Waals surface area contributed by atoms with E-state index in [1.807, 2.05) is 0 Å². The molecule has 0 saturated heterocycles. The minimum atomic E-state index is -0.275. The Labute approximate surface area is 102 Å². The minimum absolute atomic E-state index is 0.275. The summed E-state index contributed by atoms with van der Waals surface area (Å²) < 4.78 is 18.6. The maximum Gasteiger partial charge on any atom is 0.165 e. The Morgan fingerprint density at radius 1 is 1.18 bits per heavy atom. The molecule has 3 heteroatoms. The van der Waals surface area contributed by atoms with Crippen LogP contribution in [0.4, 0.5) is 4.39 Å². The van der Waals surface area contributed by atoms with Crippen LogP contribution in [-0.4, -0.2) is 19.2 Å². The lowest BCUT2D eigenvalue weighted by Crippen LogP contribution is -2.17. The highest BCUT2D eigenvalue weighted by molar-refractivity contribution is 5.23. The molecule has 17 heavy (non-hydrogen) atoms. The van der Waals surface area contributed by atoms with Gasteiger partial charge in [-0.15, -0.1) is 0 Å². The van der Waals surface area contributed by atoms with Crippen molar-refractivity contribution in [3.05, 3.63) is 30.1 Å². The van der Waals surface area contributed by atoms with E-state index in [0.717, 1.165) is 25.4 Å². The molecule has 1 saturated carbocycles. The van der Waals surface area contributed by atoms with Crippen LogP contribution in [0, 0.1) is 5.82 Å². The van der Waals surface area contributed by atoms with Gasteiger partial charge < -0.3 is 10.1 Å². The Kier molecular flexibility index (Phi) is 4.80. The number of unbranched alkanes of at least 4 members (excludes halogenated alkanes) is 2. The molecule has 94 valence electrons. The molecule has 1 aliphatic rings. The molecule has 0 atom stereocenters. The summed E-state index contributed by atoms with van der Waals surface area (Å²) >= 11 is 0. The predicted molar refractivity (Wildman–Crippen MR) is 66.8 cm³/mol. The van der Waals surface area contributed by atoms with Crippen LogP contribution in [0.1, 0.15) is 32.1 Å². The third-order valence-electron chi connectivity index (χ3n) is 2.93. The molecule has 0 amide bonds. The van der Waals surface area contributed by atoms with Crippen LogP contribution in [-0.2, 0) is 0 Å². The van der Waals surface area contributed by atoms with Crippen molar-refractivity contribution in [3.8, 4) is 5.75 Å². The predicted octanol–water partition coefficient (Wildman–Crippen LogP) is 3.13. The van der Waals surface area contributed by atoms with Crippen LogP contribution in [0.3, 0.4) is 0 Å². The maximum absolute atomic E-state index is 13.2. The molecule has 1 aliphatic carbocycles. The average molecular weight is 237 g/mol. The molecule has 0 unspecified atom stereocenters. The Bertz CT molecular complexity index is 339. The van der Waals surface area contributed by atoms with E-state index in [9.17, 15) is 4.39 Å². The number of benzene rings is 1. The monoisotopic (exact) mass is 237 g/mol. The standard InChI is InChI=1S/C14H20FNO/c15-13-6-2-3-7-14(13)17-11-5-1-4-10-16-12-8-9-12/h2-3,6-7,12,16H,1,4-5,8-11H2. The molecule has 0 spiro atoms. The summed E-state index contributed by atoms with van der Waals surface area (Å²) in [6.45, 7) is 1.70. The Hall–Kier alpha value is -1.09. The Morgan fingerprint density at radius 2 is 2.00 bits per heavy atom. The average Bonchev–Trinajstić information content (AvgIpc) is 3.14. The summed E-state index contributed by atoms with van der Waals surface area (Å²) in [5.74, 6) is 0.0894. The van der Waals surface area contributed by atoms with E-state index in [2.05, 4.69) is 5.32 Å². The van der Waals surface area contributed by atoms with E-state index in [4.69, 9.17) is 4.74 Å². The molecular weight excluding hydrogens is 217 g/mol. The largest absolute Gasteiger partial charge is 0.491 e. The van der Waals surface area contributed by atoms with Crippen LogP contribution < -0.4 is 10.1 Å². The number of para-hydroxylation sites is 1. The van der Waals surface area contributed by atoms with E-state index in [0.29, 0.717) is 12.4 Å². The summed E-state index contributed by atoms with van der Waals surface area (Å²) in [6.07, 6.45) is 5.98. The van der Waals surface area contributed by atoms with Crippen LogP contribution in [0.25, 0.3) is 0 Å². The van der Waals surface area contributed by atoms with Crippen LogP contribution >= 0.6 is 0 Å². The first-order chi connectivity index (χ1) is 8.36. The molecule has 0 radical (unpaired) electrons. The molecule has 1 N–H and O–H groups in total. The zero-order chi connectivity index (χ0) is 11.9. The Morgan fingerprint density at radius 3 is 2.76 bits per heavy atom. The van der Waals surface area contributed by atoms with Crippen molar-refractivity contribution in [3.63, 3.8) is 0 Å². The molecule has 0 aromatic heterocycles. The fourth-order valence-corrected chi connectivity index (χ4v) is 1.74. The number of nitrogens with one attached hydrogen (secondary N) is 1. The van der Waals surface area contributed by atoms with Crippen LogP contribution in [0.5, 0.6) is 5.75 Å². The van der Waals surface area contributed by atoms with Gasteiger partial charge in [-0.05, 0) is 50.8 Å². The normalized spacial score (nSPS) is 14.9. The molecule has 0 aliphatic heterocycles. The van der Waals surface area contributed by atoms with E-state index < -0.39 is 0 Å². The van der Waals surface area contributed by atoms with Gasteiger partial charge in [0.15, 0.2) is 11.6 Å². The van der Waals surface area contributed by atoms with Crippen molar-refractivity contribution in [2.24, 2.45) is 0 Å².